The molecule has 2 N–H and O–H groups in total. The molecule has 4 nitrogen and oxygen atoms in total. The number of aliphatic imine (C=N–C) groups is 1. The third kappa shape index (κ3) is 7.48. The van der Waals surface area contributed by atoms with Gasteiger partial charge in [-0.25, -0.2) is 4.39 Å². The second-order valence-electron chi connectivity index (χ2n) is 6.03. The summed E-state index contributed by atoms with van der Waals surface area (Å²) in [5.41, 5.74) is 0.910. The van der Waals surface area contributed by atoms with E-state index in [1.807, 2.05) is 6.07 Å². The van der Waals surface area contributed by atoms with Crippen LogP contribution in [-0.4, -0.2) is 44.1 Å². The molecule has 6 heteroatoms. The third-order valence-corrected chi connectivity index (χ3v) is 4.03. The highest BCUT2D eigenvalue weighted by atomic mass is 127. The molecule has 1 atom stereocenters. The minimum absolute atomic E-state index is 0. The van der Waals surface area contributed by atoms with E-state index < -0.39 is 0 Å². The van der Waals surface area contributed by atoms with Crippen LogP contribution in [0.3, 0.4) is 0 Å². The van der Waals surface area contributed by atoms with E-state index in [1.165, 1.54) is 38.1 Å². The number of halogens is 2. The van der Waals surface area contributed by atoms with E-state index in [-0.39, 0.29) is 29.8 Å². The normalized spacial score (nSPS) is 19.1. The van der Waals surface area contributed by atoms with Crippen molar-refractivity contribution in [2.24, 2.45) is 10.9 Å². The number of guanidine groups is 1. The lowest BCUT2D eigenvalue weighted by Crippen LogP contribution is -2.43. The van der Waals surface area contributed by atoms with Gasteiger partial charge in [0.15, 0.2) is 5.96 Å². The molecule has 0 saturated carbocycles. The number of nitrogens with zero attached hydrogens (tertiary/aromatic N) is 2. The molecule has 0 spiro atoms. The van der Waals surface area contributed by atoms with Crippen molar-refractivity contribution in [3.05, 3.63) is 35.6 Å². The zero-order valence-corrected chi connectivity index (χ0v) is 16.3. The van der Waals surface area contributed by atoms with E-state index in [2.05, 4.69) is 27.4 Å². The Bertz CT molecular complexity index is 495. The average molecular weight is 434 g/mol. The topological polar surface area (TPSA) is 39.7 Å². The molecule has 0 aromatic heterocycles. The van der Waals surface area contributed by atoms with Crippen molar-refractivity contribution in [2.75, 3.05) is 33.2 Å². The summed E-state index contributed by atoms with van der Waals surface area (Å²) in [6.07, 6.45) is 2.65. The number of hydrogen-bond donors (Lipinski definition) is 2. The van der Waals surface area contributed by atoms with Crippen LogP contribution < -0.4 is 10.6 Å². The van der Waals surface area contributed by atoms with Crippen LogP contribution in [0.25, 0.3) is 0 Å². The molecule has 0 aliphatic carbocycles. The zero-order valence-electron chi connectivity index (χ0n) is 14.0. The lowest BCUT2D eigenvalue weighted by Gasteiger charge is -2.30. The first-order chi connectivity index (χ1) is 10.7. The summed E-state index contributed by atoms with van der Waals surface area (Å²) in [6.45, 7) is 7.18. The Balaban J connectivity index is 0.00000264. The highest BCUT2D eigenvalue weighted by molar-refractivity contribution is 14.0. The first-order valence-corrected chi connectivity index (χ1v) is 8.08. The Morgan fingerprint density at radius 2 is 2.22 bits per heavy atom. The number of piperidine rings is 1. The van der Waals surface area contributed by atoms with Crippen LogP contribution in [-0.2, 0) is 6.54 Å². The van der Waals surface area contributed by atoms with Crippen LogP contribution in [0.1, 0.15) is 25.3 Å². The lowest BCUT2D eigenvalue weighted by molar-refractivity contribution is 0.187. The molecule has 1 aromatic carbocycles. The molecule has 1 aliphatic rings. The van der Waals surface area contributed by atoms with Gasteiger partial charge in [-0.2, -0.15) is 0 Å². The van der Waals surface area contributed by atoms with Crippen molar-refractivity contribution in [1.29, 1.82) is 0 Å². The molecule has 2 rings (SSSR count). The van der Waals surface area contributed by atoms with E-state index in [0.29, 0.717) is 6.54 Å². The van der Waals surface area contributed by atoms with Gasteiger partial charge in [0.2, 0.25) is 0 Å². The van der Waals surface area contributed by atoms with Gasteiger partial charge >= 0.3 is 0 Å². The number of nitrogens with one attached hydrogen (secondary N) is 2. The Hall–Kier alpha value is -0.890. The first kappa shape index (κ1) is 20.2. The van der Waals surface area contributed by atoms with E-state index in [9.17, 15) is 4.39 Å². The van der Waals surface area contributed by atoms with Gasteiger partial charge < -0.3 is 15.5 Å². The fourth-order valence-electron chi connectivity index (χ4n) is 2.88. The maximum Gasteiger partial charge on any atom is 0.191 e. The van der Waals surface area contributed by atoms with Gasteiger partial charge in [-0.05, 0) is 43.0 Å². The average Bonchev–Trinajstić information content (AvgIpc) is 2.51. The van der Waals surface area contributed by atoms with E-state index in [4.69, 9.17) is 0 Å². The lowest BCUT2D eigenvalue weighted by atomic mass is 10.0. The van der Waals surface area contributed by atoms with Crippen molar-refractivity contribution in [3.8, 4) is 0 Å². The quantitative estimate of drug-likeness (QED) is 0.426. The molecule has 0 bridgehead atoms. The van der Waals surface area contributed by atoms with Gasteiger partial charge in [0.1, 0.15) is 5.82 Å². The smallest absolute Gasteiger partial charge is 0.191 e. The minimum atomic E-state index is -0.207. The first-order valence-electron chi connectivity index (χ1n) is 8.08. The third-order valence-electron chi connectivity index (χ3n) is 4.03. The van der Waals surface area contributed by atoms with Gasteiger partial charge in [0, 0.05) is 33.2 Å². The fraction of sp³-hybridized carbons (Fsp3) is 0.588. The Morgan fingerprint density at radius 1 is 1.39 bits per heavy atom. The maximum atomic E-state index is 13.1. The summed E-state index contributed by atoms with van der Waals surface area (Å²) in [5, 5.41) is 6.53. The predicted molar refractivity (Wildman–Crippen MR) is 105 cm³/mol. The van der Waals surface area contributed by atoms with Gasteiger partial charge in [-0.1, -0.05) is 19.1 Å². The largest absolute Gasteiger partial charge is 0.355 e. The van der Waals surface area contributed by atoms with Crippen molar-refractivity contribution >= 4 is 29.9 Å². The van der Waals surface area contributed by atoms with Gasteiger partial charge in [-0.3, -0.25) is 4.99 Å². The second-order valence-corrected chi connectivity index (χ2v) is 6.03. The molecule has 1 heterocycles. The molecule has 1 unspecified atom stereocenters. The number of benzene rings is 1. The van der Waals surface area contributed by atoms with Crippen LogP contribution in [0.15, 0.2) is 29.3 Å². The molecule has 0 amide bonds. The number of likely N-dealkylation sites (tertiary alicyclic amines) is 1. The number of hydrogen-bond acceptors (Lipinski definition) is 2. The van der Waals surface area contributed by atoms with Crippen molar-refractivity contribution < 1.29 is 4.39 Å². The van der Waals surface area contributed by atoms with E-state index in [1.54, 1.807) is 13.1 Å². The minimum Gasteiger partial charge on any atom is -0.355 e. The van der Waals surface area contributed by atoms with Crippen molar-refractivity contribution in [2.45, 2.75) is 26.3 Å². The standard InChI is InChI=1S/C17H27FN4.HI/c1-14-5-4-9-22(13-14)10-8-20-17(19-2)21-12-15-6-3-7-16(18)11-15;/h3,6-7,11,14H,4-5,8-10,12-13H2,1-2H3,(H2,19,20,21);1H. The van der Waals surface area contributed by atoms with E-state index >= 15 is 0 Å². The summed E-state index contributed by atoms with van der Waals surface area (Å²) in [4.78, 5) is 6.71. The van der Waals surface area contributed by atoms with Crippen LogP contribution in [0.5, 0.6) is 0 Å². The molecular formula is C17H28FIN4. The van der Waals surface area contributed by atoms with Crippen LogP contribution in [0, 0.1) is 11.7 Å². The summed E-state index contributed by atoms with van der Waals surface area (Å²) in [5.74, 6) is 1.36. The van der Waals surface area contributed by atoms with Gasteiger partial charge in [-0.15, -0.1) is 24.0 Å². The molecule has 1 aromatic rings. The maximum absolute atomic E-state index is 13.1. The van der Waals surface area contributed by atoms with E-state index in [0.717, 1.165) is 30.5 Å². The highest BCUT2D eigenvalue weighted by Crippen LogP contribution is 2.14. The number of rotatable bonds is 5. The zero-order chi connectivity index (χ0) is 15.8. The molecule has 130 valence electrons. The van der Waals surface area contributed by atoms with Crippen LogP contribution in [0.2, 0.25) is 0 Å². The van der Waals surface area contributed by atoms with Crippen LogP contribution >= 0.6 is 24.0 Å². The second kappa shape index (κ2) is 10.8. The SMILES string of the molecule is CN=C(NCCN1CCCC(C)C1)NCc1cccc(F)c1.I. The van der Waals surface area contributed by atoms with Crippen molar-refractivity contribution in [1.82, 2.24) is 15.5 Å². The molecule has 23 heavy (non-hydrogen) atoms. The van der Waals surface area contributed by atoms with Crippen LogP contribution in [0.4, 0.5) is 4.39 Å². The summed E-state index contributed by atoms with van der Waals surface area (Å²) in [6, 6.07) is 6.62. The molecule has 1 aliphatic heterocycles. The summed E-state index contributed by atoms with van der Waals surface area (Å²) < 4.78 is 13.1. The predicted octanol–water partition coefficient (Wildman–Crippen LogP) is 2.84. The van der Waals surface area contributed by atoms with Gasteiger partial charge in [0.05, 0.1) is 0 Å². The fourth-order valence-corrected chi connectivity index (χ4v) is 2.88. The molecule has 0 radical (unpaired) electrons. The highest BCUT2D eigenvalue weighted by Gasteiger charge is 2.15. The van der Waals surface area contributed by atoms with Crippen molar-refractivity contribution in [3.63, 3.8) is 0 Å². The van der Waals surface area contributed by atoms with Gasteiger partial charge in [0.25, 0.3) is 0 Å². The monoisotopic (exact) mass is 434 g/mol. The molecule has 1 saturated heterocycles. The Morgan fingerprint density at radius 3 is 2.91 bits per heavy atom. The summed E-state index contributed by atoms with van der Waals surface area (Å²) >= 11 is 0. The Kier molecular flexibility index (Phi) is 9.47. The Labute approximate surface area is 156 Å². The summed E-state index contributed by atoms with van der Waals surface area (Å²) in [7, 11) is 1.75. The molecule has 1 fully saturated rings. The molecular weight excluding hydrogens is 406 g/mol.